The van der Waals surface area contributed by atoms with Crippen LogP contribution in [0.25, 0.3) is 5.65 Å². The first-order chi connectivity index (χ1) is 7.29. The van der Waals surface area contributed by atoms with Gasteiger partial charge < -0.3 is 0 Å². The first kappa shape index (κ1) is 8.59. The molecule has 0 spiro atoms. The third-order valence-electron chi connectivity index (χ3n) is 2.89. The lowest BCUT2D eigenvalue weighted by Crippen LogP contribution is -1.92. The fraction of sp³-hybridized carbons (Fsp3) is 0.273. The van der Waals surface area contributed by atoms with Gasteiger partial charge in [0.2, 0.25) is 0 Å². The molecule has 2 unspecified atom stereocenters. The molecule has 2 atom stereocenters. The van der Waals surface area contributed by atoms with Gasteiger partial charge in [-0.2, -0.15) is 5.10 Å². The fourth-order valence-corrected chi connectivity index (χ4v) is 1.96. The number of rotatable bonds is 2. The normalized spacial score (nSPS) is 24.3. The van der Waals surface area contributed by atoms with Gasteiger partial charge in [-0.3, -0.25) is 0 Å². The van der Waals surface area contributed by atoms with Gasteiger partial charge in [-0.1, -0.05) is 6.08 Å². The summed E-state index contributed by atoms with van der Waals surface area (Å²) in [5.41, 5.74) is 1.85. The predicted octanol–water partition coefficient (Wildman–Crippen LogP) is 2.16. The van der Waals surface area contributed by atoms with Crippen LogP contribution in [-0.2, 0) is 0 Å². The zero-order valence-electron chi connectivity index (χ0n) is 8.10. The summed E-state index contributed by atoms with van der Waals surface area (Å²) in [5.74, 6) is 0.635. The number of allylic oxidation sites excluding steroid dienone is 1. The summed E-state index contributed by atoms with van der Waals surface area (Å²) in [5, 5.41) is 4.09. The summed E-state index contributed by atoms with van der Waals surface area (Å²) < 4.78 is 14.4. The highest BCUT2D eigenvalue weighted by atomic mass is 19.1. The first-order valence-corrected chi connectivity index (χ1v) is 4.91. The maximum atomic E-state index is 12.9. The maximum absolute atomic E-state index is 12.9. The van der Waals surface area contributed by atoms with Gasteiger partial charge in [-0.05, 0) is 18.3 Å². The van der Waals surface area contributed by atoms with Crippen molar-refractivity contribution in [1.82, 2.24) is 14.6 Å². The Hall–Kier alpha value is -1.71. The van der Waals surface area contributed by atoms with E-state index in [1.54, 1.807) is 6.20 Å². The molecule has 15 heavy (non-hydrogen) atoms. The summed E-state index contributed by atoms with van der Waals surface area (Å²) in [6.45, 7) is 3.77. The standard InChI is InChI=1S/C11H10FN3/c1-2-7-3-9(7)10-5-14-15-6-8(12)4-13-11(10)15/h2,4-7,9H,1,3H2. The van der Waals surface area contributed by atoms with Gasteiger partial charge in [-0.15, -0.1) is 6.58 Å². The van der Waals surface area contributed by atoms with E-state index in [1.807, 2.05) is 6.08 Å². The first-order valence-electron chi connectivity index (χ1n) is 4.91. The second-order valence-electron chi connectivity index (χ2n) is 3.88. The molecule has 1 saturated carbocycles. The molecule has 3 rings (SSSR count). The highest BCUT2D eigenvalue weighted by Crippen LogP contribution is 2.48. The molecule has 0 N–H and O–H groups in total. The molecule has 0 bridgehead atoms. The quantitative estimate of drug-likeness (QED) is 0.700. The lowest BCUT2D eigenvalue weighted by atomic mass is 10.2. The van der Waals surface area contributed by atoms with Crippen LogP contribution in [0.2, 0.25) is 0 Å². The van der Waals surface area contributed by atoms with Gasteiger partial charge in [0.25, 0.3) is 0 Å². The molecule has 2 heterocycles. The van der Waals surface area contributed by atoms with Crippen LogP contribution >= 0.6 is 0 Å². The Kier molecular flexibility index (Phi) is 1.65. The largest absolute Gasteiger partial charge is 0.234 e. The van der Waals surface area contributed by atoms with E-state index in [2.05, 4.69) is 16.7 Å². The molecule has 0 amide bonds. The highest BCUT2D eigenvalue weighted by Gasteiger charge is 2.38. The monoisotopic (exact) mass is 203 g/mol. The second kappa shape index (κ2) is 2.89. The summed E-state index contributed by atoms with van der Waals surface area (Å²) in [6, 6.07) is 0. The number of nitrogens with zero attached hydrogens (tertiary/aromatic N) is 3. The number of hydrogen-bond donors (Lipinski definition) is 0. The molecule has 2 aromatic heterocycles. The number of aromatic nitrogens is 3. The smallest absolute Gasteiger partial charge is 0.159 e. The number of fused-ring (bicyclic) bond motifs is 1. The van der Waals surface area contributed by atoms with Crippen LogP contribution in [0, 0.1) is 11.7 Å². The van der Waals surface area contributed by atoms with Crippen LogP contribution < -0.4 is 0 Å². The van der Waals surface area contributed by atoms with E-state index in [4.69, 9.17) is 0 Å². The van der Waals surface area contributed by atoms with E-state index >= 15 is 0 Å². The molecule has 3 nitrogen and oxygen atoms in total. The summed E-state index contributed by atoms with van der Waals surface area (Å²) >= 11 is 0. The van der Waals surface area contributed by atoms with Crippen molar-refractivity contribution in [1.29, 1.82) is 0 Å². The van der Waals surface area contributed by atoms with Gasteiger partial charge in [0.05, 0.1) is 18.6 Å². The molecule has 1 aliphatic carbocycles. The minimum absolute atomic E-state index is 0.367. The van der Waals surface area contributed by atoms with Crippen LogP contribution in [0.3, 0.4) is 0 Å². The molecule has 2 aromatic rings. The van der Waals surface area contributed by atoms with Crippen LogP contribution in [0.1, 0.15) is 17.9 Å². The summed E-state index contributed by atoms with van der Waals surface area (Å²) in [7, 11) is 0. The van der Waals surface area contributed by atoms with E-state index in [0.29, 0.717) is 11.8 Å². The Bertz CT molecular complexity index is 532. The van der Waals surface area contributed by atoms with Crippen molar-refractivity contribution in [3.05, 3.63) is 42.6 Å². The van der Waals surface area contributed by atoms with Crippen molar-refractivity contribution in [2.45, 2.75) is 12.3 Å². The van der Waals surface area contributed by atoms with E-state index < -0.39 is 0 Å². The number of halogens is 1. The van der Waals surface area contributed by atoms with Gasteiger partial charge in [0.15, 0.2) is 11.5 Å². The van der Waals surface area contributed by atoms with Crippen molar-refractivity contribution in [2.75, 3.05) is 0 Å². The second-order valence-corrected chi connectivity index (χ2v) is 3.88. The Morgan fingerprint density at radius 1 is 1.53 bits per heavy atom. The molecule has 0 saturated heterocycles. The number of hydrogen-bond acceptors (Lipinski definition) is 2. The lowest BCUT2D eigenvalue weighted by Gasteiger charge is -1.95. The minimum atomic E-state index is -0.367. The Balaban J connectivity index is 2.09. The molecule has 1 aliphatic rings. The Morgan fingerprint density at radius 3 is 3.13 bits per heavy atom. The van der Waals surface area contributed by atoms with Gasteiger partial charge >= 0.3 is 0 Å². The van der Waals surface area contributed by atoms with Gasteiger partial charge in [-0.25, -0.2) is 13.9 Å². The van der Waals surface area contributed by atoms with E-state index in [-0.39, 0.29) is 5.82 Å². The van der Waals surface area contributed by atoms with E-state index in [0.717, 1.165) is 17.6 Å². The molecular weight excluding hydrogens is 193 g/mol. The maximum Gasteiger partial charge on any atom is 0.159 e. The van der Waals surface area contributed by atoms with E-state index in [9.17, 15) is 4.39 Å². The SMILES string of the molecule is C=CC1CC1c1cnn2cc(F)cnc12. The van der Waals surface area contributed by atoms with Gasteiger partial charge in [0.1, 0.15) is 0 Å². The van der Waals surface area contributed by atoms with Crippen molar-refractivity contribution in [2.24, 2.45) is 5.92 Å². The van der Waals surface area contributed by atoms with Crippen molar-refractivity contribution in [3.63, 3.8) is 0 Å². The summed E-state index contributed by atoms with van der Waals surface area (Å²) in [6.07, 6.45) is 7.40. The van der Waals surface area contributed by atoms with Crippen LogP contribution in [0.15, 0.2) is 31.2 Å². The highest BCUT2D eigenvalue weighted by molar-refractivity contribution is 5.50. The minimum Gasteiger partial charge on any atom is -0.234 e. The molecule has 0 aromatic carbocycles. The zero-order valence-corrected chi connectivity index (χ0v) is 8.10. The third-order valence-corrected chi connectivity index (χ3v) is 2.89. The average molecular weight is 203 g/mol. The van der Waals surface area contributed by atoms with Crippen molar-refractivity contribution in [3.8, 4) is 0 Å². The fourth-order valence-electron chi connectivity index (χ4n) is 1.96. The van der Waals surface area contributed by atoms with Crippen molar-refractivity contribution < 1.29 is 4.39 Å². The predicted molar refractivity (Wildman–Crippen MR) is 54.0 cm³/mol. The molecule has 0 radical (unpaired) electrons. The van der Waals surface area contributed by atoms with Crippen molar-refractivity contribution >= 4 is 5.65 Å². The molecule has 0 aliphatic heterocycles. The van der Waals surface area contributed by atoms with E-state index in [1.165, 1.54) is 16.9 Å². The summed E-state index contributed by atoms with van der Waals surface area (Å²) in [4.78, 5) is 4.06. The molecular formula is C11H10FN3. The molecule has 4 heteroatoms. The lowest BCUT2D eigenvalue weighted by molar-refractivity contribution is 0.607. The Labute approximate surface area is 86.3 Å². The average Bonchev–Trinajstić information content (AvgIpc) is 2.91. The molecule has 76 valence electrons. The third kappa shape index (κ3) is 1.25. The zero-order chi connectivity index (χ0) is 10.4. The molecule has 1 fully saturated rings. The van der Waals surface area contributed by atoms with Crippen LogP contribution in [0.4, 0.5) is 4.39 Å². The van der Waals surface area contributed by atoms with Crippen LogP contribution in [-0.4, -0.2) is 14.6 Å². The van der Waals surface area contributed by atoms with Gasteiger partial charge in [0, 0.05) is 5.56 Å². The topological polar surface area (TPSA) is 30.2 Å². The Morgan fingerprint density at radius 2 is 2.40 bits per heavy atom. The van der Waals surface area contributed by atoms with Crippen LogP contribution in [0.5, 0.6) is 0 Å².